The van der Waals surface area contributed by atoms with Crippen LogP contribution < -0.4 is 9.64 Å². The summed E-state index contributed by atoms with van der Waals surface area (Å²) in [6.07, 6.45) is 0. The van der Waals surface area contributed by atoms with E-state index in [1.807, 2.05) is 26.2 Å². The molecule has 0 saturated carbocycles. The highest BCUT2D eigenvalue weighted by Crippen LogP contribution is 2.34. The van der Waals surface area contributed by atoms with Gasteiger partial charge >= 0.3 is 0 Å². The average Bonchev–Trinajstić information content (AvgIpc) is 2.27. The third kappa shape index (κ3) is 1.63. The lowest BCUT2D eigenvalue weighted by Crippen LogP contribution is -2.10. The van der Waals surface area contributed by atoms with Gasteiger partial charge in [0.25, 0.3) is 0 Å². The zero-order valence-corrected chi connectivity index (χ0v) is 9.32. The fourth-order valence-electron chi connectivity index (χ4n) is 1.86. The van der Waals surface area contributed by atoms with Gasteiger partial charge in [0.1, 0.15) is 5.75 Å². The molecule has 0 aliphatic heterocycles. The van der Waals surface area contributed by atoms with Crippen LogP contribution in [0.4, 0.5) is 5.69 Å². The smallest absolute Gasteiger partial charge is 0.142 e. The van der Waals surface area contributed by atoms with E-state index < -0.39 is 0 Å². The van der Waals surface area contributed by atoms with E-state index in [1.165, 1.54) is 10.8 Å². The molecule has 0 spiro atoms. The number of hydrogen-bond donors (Lipinski definition) is 0. The highest BCUT2D eigenvalue weighted by molar-refractivity contribution is 5.97. The van der Waals surface area contributed by atoms with Crippen LogP contribution in [0.5, 0.6) is 5.75 Å². The minimum Gasteiger partial charge on any atom is -0.495 e. The van der Waals surface area contributed by atoms with Crippen molar-refractivity contribution < 1.29 is 4.74 Å². The molecular weight excluding hydrogens is 186 g/mol. The van der Waals surface area contributed by atoms with Gasteiger partial charge in [-0.15, -0.1) is 0 Å². The first-order valence-corrected chi connectivity index (χ1v) is 4.97. The lowest BCUT2D eigenvalue weighted by Gasteiger charge is -2.18. The first kappa shape index (κ1) is 9.84. The largest absolute Gasteiger partial charge is 0.495 e. The summed E-state index contributed by atoms with van der Waals surface area (Å²) in [5.74, 6) is 0.915. The molecule has 0 unspecified atom stereocenters. The van der Waals surface area contributed by atoms with Crippen molar-refractivity contribution in [1.29, 1.82) is 0 Å². The molecule has 0 heterocycles. The third-order valence-electron chi connectivity index (χ3n) is 2.53. The quantitative estimate of drug-likeness (QED) is 0.740. The number of rotatable bonds is 2. The van der Waals surface area contributed by atoms with Crippen LogP contribution in [0.15, 0.2) is 36.4 Å². The first-order valence-electron chi connectivity index (χ1n) is 4.97. The van der Waals surface area contributed by atoms with Gasteiger partial charge < -0.3 is 9.64 Å². The van der Waals surface area contributed by atoms with E-state index in [4.69, 9.17) is 4.74 Å². The number of fused-ring (bicyclic) bond motifs is 1. The van der Waals surface area contributed by atoms with Crippen LogP contribution in [-0.4, -0.2) is 21.2 Å². The standard InChI is InChI=1S/C13H15NO/c1-14(2)13-11-7-5-4-6-10(11)8-9-12(13)15-3/h4-9H,1-3H3. The Balaban J connectivity index is 2.79. The van der Waals surface area contributed by atoms with Gasteiger partial charge in [0, 0.05) is 19.5 Å². The Morgan fingerprint density at radius 2 is 1.73 bits per heavy atom. The van der Waals surface area contributed by atoms with Gasteiger partial charge in [0.05, 0.1) is 12.8 Å². The zero-order valence-electron chi connectivity index (χ0n) is 9.32. The second kappa shape index (κ2) is 3.81. The Bertz CT molecular complexity index is 477. The van der Waals surface area contributed by atoms with Gasteiger partial charge in [-0.25, -0.2) is 0 Å². The highest BCUT2D eigenvalue weighted by atomic mass is 16.5. The summed E-state index contributed by atoms with van der Waals surface area (Å²) in [5.41, 5.74) is 1.13. The van der Waals surface area contributed by atoms with Gasteiger partial charge in [0.2, 0.25) is 0 Å². The Kier molecular flexibility index (Phi) is 2.50. The van der Waals surface area contributed by atoms with Crippen molar-refractivity contribution in [2.24, 2.45) is 0 Å². The van der Waals surface area contributed by atoms with Crippen molar-refractivity contribution in [3.05, 3.63) is 36.4 Å². The molecule has 0 saturated heterocycles. The summed E-state index contributed by atoms with van der Waals surface area (Å²) in [6, 6.07) is 12.4. The number of nitrogens with zero attached hydrogens (tertiary/aromatic N) is 1. The van der Waals surface area contributed by atoms with E-state index in [1.54, 1.807) is 7.11 Å². The van der Waals surface area contributed by atoms with Crippen molar-refractivity contribution in [2.75, 3.05) is 26.1 Å². The minimum atomic E-state index is 0.915. The molecule has 2 aromatic rings. The highest BCUT2D eigenvalue weighted by Gasteiger charge is 2.08. The van der Waals surface area contributed by atoms with Gasteiger partial charge in [-0.2, -0.15) is 0 Å². The van der Waals surface area contributed by atoms with Crippen molar-refractivity contribution in [3.8, 4) is 5.75 Å². The lowest BCUT2D eigenvalue weighted by molar-refractivity contribution is 0.416. The van der Waals surface area contributed by atoms with Crippen LogP contribution in [0.1, 0.15) is 0 Å². The number of ether oxygens (including phenoxy) is 1. The molecule has 0 N–H and O–H groups in total. The number of benzene rings is 2. The normalized spacial score (nSPS) is 10.3. The number of hydrogen-bond acceptors (Lipinski definition) is 2. The number of methoxy groups -OCH3 is 1. The van der Waals surface area contributed by atoms with Crippen LogP contribution in [-0.2, 0) is 0 Å². The SMILES string of the molecule is COc1ccc2ccccc2c1N(C)C. The number of anilines is 1. The fraction of sp³-hybridized carbons (Fsp3) is 0.231. The Hall–Kier alpha value is -1.70. The summed E-state index contributed by atoms with van der Waals surface area (Å²) in [5, 5.41) is 2.46. The maximum Gasteiger partial charge on any atom is 0.142 e. The maximum absolute atomic E-state index is 5.37. The molecule has 0 aliphatic rings. The lowest BCUT2D eigenvalue weighted by atomic mass is 10.1. The van der Waals surface area contributed by atoms with Crippen LogP contribution in [0.3, 0.4) is 0 Å². The topological polar surface area (TPSA) is 12.5 Å². The predicted octanol–water partition coefficient (Wildman–Crippen LogP) is 2.91. The zero-order chi connectivity index (χ0) is 10.8. The van der Waals surface area contributed by atoms with Gasteiger partial charge in [0.15, 0.2) is 0 Å². The van der Waals surface area contributed by atoms with Crippen molar-refractivity contribution >= 4 is 16.5 Å². The second-order valence-electron chi connectivity index (χ2n) is 3.73. The van der Waals surface area contributed by atoms with E-state index in [-0.39, 0.29) is 0 Å². The van der Waals surface area contributed by atoms with Crippen LogP contribution in [0, 0.1) is 0 Å². The van der Waals surface area contributed by atoms with E-state index >= 15 is 0 Å². The Labute approximate surface area is 90.1 Å². The van der Waals surface area contributed by atoms with Crippen molar-refractivity contribution in [3.63, 3.8) is 0 Å². The van der Waals surface area contributed by atoms with Gasteiger partial charge in [-0.3, -0.25) is 0 Å². The molecule has 2 heteroatoms. The van der Waals surface area contributed by atoms with Crippen LogP contribution in [0.2, 0.25) is 0 Å². The molecule has 0 fully saturated rings. The summed E-state index contributed by atoms with van der Waals surface area (Å²) < 4.78 is 5.37. The monoisotopic (exact) mass is 201 g/mol. The maximum atomic E-state index is 5.37. The van der Waals surface area contributed by atoms with Crippen molar-refractivity contribution in [2.45, 2.75) is 0 Å². The summed E-state index contributed by atoms with van der Waals surface area (Å²) in [6.45, 7) is 0. The third-order valence-corrected chi connectivity index (χ3v) is 2.53. The Morgan fingerprint density at radius 3 is 2.40 bits per heavy atom. The van der Waals surface area contributed by atoms with E-state index in [0.717, 1.165) is 11.4 Å². The summed E-state index contributed by atoms with van der Waals surface area (Å²) in [4.78, 5) is 2.08. The summed E-state index contributed by atoms with van der Waals surface area (Å²) in [7, 11) is 5.77. The second-order valence-corrected chi connectivity index (χ2v) is 3.73. The molecule has 0 atom stereocenters. The molecule has 2 aromatic carbocycles. The molecule has 2 nitrogen and oxygen atoms in total. The molecule has 15 heavy (non-hydrogen) atoms. The van der Waals surface area contributed by atoms with Crippen LogP contribution in [0.25, 0.3) is 10.8 Å². The van der Waals surface area contributed by atoms with Gasteiger partial charge in [-0.05, 0) is 11.5 Å². The molecule has 0 amide bonds. The van der Waals surface area contributed by atoms with Crippen molar-refractivity contribution in [1.82, 2.24) is 0 Å². The Morgan fingerprint density at radius 1 is 1.00 bits per heavy atom. The molecule has 2 rings (SSSR count). The molecule has 0 bridgehead atoms. The molecule has 0 radical (unpaired) electrons. The van der Waals surface area contributed by atoms with E-state index in [9.17, 15) is 0 Å². The average molecular weight is 201 g/mol. The molecule has 78 valence electrons. The molecule has 0 aliphatic carbocycles. The van der Waals surface area contributed by atoms with E-state index in [0.29, 0.717) is 0 Å². The minimum absolute atomic E-state index is 0.915. The van der Waals surface area contributed by atoms with Gasteiger partial charge in [-0.1, -0.05) is 30.3 Å². The molecular formula is C13H15NO. The van der Waals surface area contributed by atoms with Crippen LogP contribution >= 0.6 is 0 Å². The van der Waals surface area contributed by atoms with E-state index in [2.05, 4.69) is 29.2 Å². The fourth-order valence-corrected chi connectivity index (χ4v) is 1.86. The first-order chi connectivity index (χ1) is 7.24. The summed E-state index contributed by atoms with van der Waals surface area (Å²) >= 11 is 0. The predicted molar refractivity (Wildman–Crippen MR) is 64.8 cm³/mol. The molecule has 0 aromatic heterocycles.